The number of hydrogen-bond acceptors (Lipinski definition) is 2. The maximum atomic E-state index is 12.4. The van der Waals surface area contributed by atoms with Crippen molar-refractivity contribution in [2.45, 2.75) is 33.1 Å². The molecule has 0 saturated carbocycles. The lowest BCUT2D eigenvalue weighted by Crippen LogP contribution is -2.47. The van der Waals surface area contributed by atoms with Gasteiger partial charge in [-0.25, -0.2) is 4.79 Å². The zero-order chi connectivity index (χ0) is 16.7. The molecular formula is C19H30N2O2. The van der Waals surface area contributed by atoms with Crippen LogP contribution in [-0.2, 0) is 6.42 Å². The molecule has 128 valence electrons. The summed E-state index contributed by atoms with van der Waals surface area (Å²) >= 11 is 0. The summed E-state index contributed by atoms with van der Waals surface area (Å²) in [5.41, 5.74) is 1.32. The number of piperidine rings is 1. The Bertz CT molecular complexity index is 476. The van der Waals surface area contributed by atoms with E-state index in [0.29, 0.717) is 24.9 Å². The van der Waals surface area contributed by atoms with Crippen LogP contribution >= 0.6 is 0 Å². The molecule has 0 spiro atoms. The fourth-order valence-corrected chi connectivity index (χ4v) is 3.19. The topological polar surface area (TPSA) is 52.6 Å². The van der Waals surface area contributed by atoms with Gasteiger partial charge in [0, 0.05) is 26.2 Å². The Hall–Kier alpha value is -1.55. The summed E-state index contributed by atoms with van der Waals surface area (Å²) in [7, 11) is 0. The van der Waals surface area contributed by atoms with Gasteiger partial charge in [0.15, 0.2) is 0 Å². The van der Waals surface area contributed by atoms with E-state index in [2.05, 4.69) is 43.4 Å². The average Bonchev–Trinajstić information content (AvgIpc) is 2.59. The number of amides is 2. The number of carbonyl (C=O) groups is 1. The smallest absolute Gasteiger partial charge is 0.317 e. The number of urea groups is 1. The summed E-state index contributed by atoms with van der Waals surface area (Å²) in [4.78, 5) is 14.2. The summed E-state index contributed by atoms with van der Waals surface area (Å²) in [6.45, 7) is 6.77. The van der Waals surface area contributed by atoms with E-state index in [1.54, 1.807) is 0 Å². The number of nitrogens with zero attached hydrogens (tertiary/aromatic N) is 1. The van der Waals surface area contributed by atoms with Crippen molar-refractivity contribution in [2.24, 2.45) is 17.8 Å². The van der Waals surface area contributed by atoms with Gasteiger partial charge >= 0.3 is 6.03 Å². The molecule has 0 aliphatic carbocycles. The average molecular weight is 318 g/mol. The molecule has 0 bridgehead atoms. The van der Waals surface area contributed by atoms with Gasteiger partial charge < -0.3 is 15.3 Å². The molecule has 0 aromatic heterocycles. The van der Waals surface area contributed by atoms with E-state index in [9.17, 15) is 9.90 Å². The second-order valence-electron chi connectivity index (χ2n) is 7.02. The molecule has 0 radical (unpaired) electrons. The van der Waals surface area contributed by atoms with Gasteiger partial charge in [-0.2, -0.15) is 0 Å². The predicted molar refractivity (Wildman–Crippen MR) is 93.3 cm³/mol. The lowest BCUT2D eigenvalue weighted by Gasteiger charge is -2.32. The van der Waals surface area contributed by atoms with Crippen molar-refractivity contribution < 1.29 is 9.90 Å². The maximum absolute atomic E-state index is 12.4. The highest BCUT2D eigenvalue weighted by Gasteiger charge is 2.24. The molecule has 1 aliphatic rings. The minimum Gasteiger partial charge on any atom is -0.396 e. The first-order valence-corrected chi connectivity index (χ1v) is 8.77. The van der Waals surface area contributed by atoms with Crippen LogP contribution in [0.25, 0.3) is 0 Å². The van der Waals surface area contributed by atoms with Gasteiger partial charge in [0.05, 0.1) is 0 Å². The summed E-state index contributed by atoms with van der Waals surface area (Å²) < 4.78 is 0. The van der Waals surface area contributed by atoms with Crippen molar-refractivity contribution in [1.29, 1.82) is 0 Å². The lowest BCUT2D eigenvalue weighted by molar-refractivity contribution is 0.128. The highest BCUT2D eigenvalue weighted by atomic mass is 16.3. The van der Waals surface area contributed by atoms with Gasteiger partial charge in [-0.05, 0) is 42.6 Å². The van der Waals surface area contributed by atoms with Crippen LogP contribution in [0, 0.1) is 17.8 Å². The van der Waals surface area contributed by atoms with Crippen LogP contribution in [0.4, 0.5) is 4.79 Å². The molecule has 1 saturated heterocycles. The van der Waals surface area contributed by atoms with Crippen LogP contribution in [0.3, 0.4) is 0 Å². The molecule has 1 heterocycles. The molecule has 2 atom stereocenters. The van der Waals surface area contributed by atoms with Gasteiger partial charge in [-0.1, -0.05) is 44.2 Å². The van der Waals surface area contributed by atoms with Gasteiger partial charge in [0.2, 0.25) is 0 Å². The van der Waals surface area contributed by atoms with Crippen molar-refractivity contribution >= 4 is 6.03 Å². The van der Waals surface area contributed by atoms with E-state index in [1.807, 2.05) is 11.0 Å². The Morgan fingerprint density at radius 1 is 1.35 bits per heavy atom. The van der Waals surface area contributed by atoms with E-state index in [-0.39, 0.29) is 18.6 Å². The minimum absolute atomic E-state index is 0.0156. The minimum atomic E-state index is 0.0156. The third-order valence-corrected chi connectivity index (χ3v) is 4.86. The van der Waals surface area contributed by atoms with Crippen molar-refractivity contribution in [2.75, 3.05) is 26.2 Å². The van der Waals surface area contributed by atoms with Crippen molar-refractivity contribution in [3.05, 3.63) is 35.9 Å². The third-order valence-electron chi connectivity index (χ3n) is 4.86. The zero-order valence-corrected chi connectivity index (χ0v) is 14.4. The molecule has 1 aromatic rings. The van der Waals surface area contributed by atoms with E-state index >= 15 is 0 Å². The summed E-state index contributed by atoms with van der Waals surface area (Å²) in [5, 5.41) is 12.4. The second kappa shape index (κ2) is 8.92. The summed E-state index contributed by atoms with van der Waals surface area (Å²) in [6, 6.07) is 10.5. The fraction of sp³-hybridized carbons (Fsp3) is 0.632. The van der Waals surface area contributed by atoms with Gasteiger partial charge in [0.1, 0.15) is 0 Å². The second-order valence-corrected chi connectivity index (χ2v) is 7.02. The van der Waals surface area contributed by atoms with Crippen LogP contribution in [0.1, 0.15) is 32.3 Å². The monoisotopic (exact) mass is 318 g/mol. The molecular weight excluding hydrogens is 288 g/mol. The van der Waals surface area contributed by atoms with Crippen LogP contribution in [0.2, 0.25) is 0 Å². The number of likely N-dealkylation sites (tertiary alicyclic amines) is 1. The van der Waals surface area contributed by atoms with E-state index in [0.717, 1.165) is 25.8 Å². The van der Waals surface area contributed by atoms with E-state index in [4.69, 9.17) is 0 Å². The molecule has 1 fully saturated rings. The predicted octanol–water partition coefficient (Wildman–Crippen LogP) is 2.92. The first-order valence-electron chi connectivity index (χ1n) is 8.77. The van der Waals surface area contributed by atoms with Crippen LogP contribution < -0.4 is 5.32 Å². The first-order chi connectivity index (χ1) is 11.1. The number of rotatable bonds is 6. The molecule has 23 heavy (non-hydrogen) atoms. The number of aliphatic hydroxyl groups is 1. The number of aliphatic hydroxyl groups excluding tert-OH is 1. The maximum Gasteiger partial charge on any atom is 0.317 e. The highest BCUT2D eigenvalue weighted by Crippen LogP contribution is 2.18. The normalized spacial score (nSPS) is 19.7. The molecule has 4 heteroatoms. The number of benzene rings is 1. The van der Waals surface area contributed by atoms with Crippen LogP contribution in [-0.4, -0.2) is 42.3 Å². The molecule has 1 aliphatic heterocycles. The largest absolute Gasteiger partial charge is 0.396 e. The SMILES string of the molecule is CC(C)[C@@H](CNC(=O)N1CCC[C@H](CO)C1)Cc1ccccc1. The van der Waals surface area contributed by atoms with Crippen molar-refractivity contribution in [3.63, 3.8) is 0 Å². The summed E-state index contributed by atoms with van der Waals surface area (Å²) in [6.07, 6.45) is 2.98. The fourth-order valence-electron chi connectivity index (χ4n) is 3.19. The lowest BCUT2D eigenvalue weighted by atomic mass is 9.89. The first kappa shape index (κ1) is 17.8. The Kier molecular flexibility index (Phi) is 6.90. The van der Waals surface area contributed by atoms with Crippen molar-refractivity contribution in [3.8, 4) is 0 Å². The van der Waals surface area contributed by atoms with Gasteiger partial charge in [-0.15, -0.1) is 0 Å². The molecule has 0 unspecified atom stereocenters. The third kappa shape index (κ3) is 5.54. The molecule has 2 rings (SSSR count). The van der Waals surface area contributed by atoms with Gasteiger partial charge in [-0.3, -0.25) is 0 Å². The number of nitrogens with one attached hydrogen (secondary N) is 1. The van der Waals surface area contributed by atoms with Gasteiger partial charge in [0.25, 0.3) is 0 Å². The Labute approximate surface area is 139 Å². The molecule has 4 nitrogen and oxygen atoms in total. The summed E-state index contributed by atoms with van der Waals surface area (Å²) in [5.74, 6) is 1.18. The Morgan fingerprint density at radius 3 is 2.74 bits per heavy atom. The van der Waals surface area contributed by atoms with Crippen LogP contribution in [0.5, 0.6) is 0 Å². The number of hydrogen-bond donors (Lipinski definition) is 2. The Morgan fingerprint density at radius 2 is 2.09 bits per heavy atom. The van der Waals surface area contributed by atoms with E-state index in [1.165, 1.54) is 5.56 Å². The van der Waals surface area contributed by atoms with E-state index < -0.39 is 0 Å². The van der Waals surface area contributed by atoms with Crippen molar-refractivity contribution in [1.82, 2.24) is 10.2 Å². The molecule has 2 N–H and O–H groups in total. The zero-order valence-electron chi connectivity index (χ0n) is 14.4. The number of carbonyl (C=O) groups excluding carboxylic acids is 1. The molecule has 2 amide bonds. The molecule has 1 aromatic carbocycles. The quantitative estimate of drug-likeness (QED) is 0.847. The highest BCUT2D eigenvalue weighted by molar-refractivity contribution is 5.74. The van der Waals surface area contributed by atoms with Crippen LogP contribution in [0.15, 0.2) is 30.3 Å². The Balaban J connectivity index is 1.84. The standard InChI is InChI=1S/C19H30N2O2/c1-15(2)18(11-16-7-4-3-5-8-16)12-20-19(23)21-10-6-9-17(13-21)14-22/h3-5,7-8,15,17-18,22H,6,9-14H2,1-2H3,(H,20,23)/t17-,18+/m0/s1.